The first kappa shape index (κ1) is 10.8. The van der Waals surface area contributed by atoms with E-state index in [1.54, 1.807) is 6.20 Å². The van der Waals surface area contributed by atoms with Gasteiger partial charge in [0, 0.05) is 24.9 Å². The van der Waals surface area contributed by atoms with E-state index in [9.17, 15) is 0 Å². The third-order valence-corrected chi connectivity index (χ3v) is 2.27. The smallest absolute Gasteiger partial charge is 0.0531 e. The molecule has 0 aromatic rings. The van der Waals surface area contributed by atoms with E-state index < -0.39 is 0 Å². The van der Waals surface area contributed by atoms with E-state index >= 15 is 0 Å². The number of nitrogens with two attached hydrogens (primary N) is 1. The van der Waals surface area contributed by atoms with E-state index in [1.165, 1.54) is 0 Å². The zero-order chi connectivity index (χ0) is 10.4. The van der Waals surface area contributed by atoms with Crippen LogP contribution in [-0.4, -0.2) is 24.5 Å². The van der Waals surface area contributed by atoms with Crippen molar-refractivity contribution in [3.05, 3.63) is 11.8 Å². The number of rotatable bonds is 4. The van der Waals surface area contributed by atoms with Gasteiger partial charge in [-0.2, -0.15) is 5.10 Å². The molecule has 0 aliphatic carbocycles. The number of hydrazone groups is 1. The van der Waals surface area contributed by atoms with Crippen LogP contribution in [0.15, 0.2) is 21.9 Å². The first-order valence-electron chi connectivity index (χ1n) is 4.97. The Morgan fingerprint density at radius 3 is 3.07 bits per heavy atom. The Kier molecular flexibility index (Phi) is 4.16. The Labute approximate surface area is 85.0 Å². The quantitative estimate of drug-likeness (QED) is 0.657. The van der Waals surface area contributed by atoms with E-state index in [0.717, 1.165) is 30.7 Å². The highest BCUT2D eigenvalue weighted by atomic mass is 15.3. The maximum atomic E-state index is 5.57. The van der Waals surface area contributed by atoms with Crippen molar-refractivity contribution in [2.45, 2.75) is 32.7 Å². The minimum atomic E-state index is 0.381. The molecule has 0 fully saturated rings. The van der Waals surface area contributed by atoms with Crippen molar-refractivity contribution < 1.29 is 0 Å². The van der Waals surface area contributed by atoms with Gasteiger partial charge in [-0.3, -0.25) is 4.99 Å². The third kappa shape index (κ3) is 2.87. The Bertz CT molecular complexity index is 257. The normalized spacial score (nSPS) is 22.6. The van der Waals surface area contributed by atoms with Gasteiger partial charge in [0.05, 0.1) is 6.04 Å². The van der Waals surface area contributed by atoms with Crippen LogP contribution in [0, 0.1) is 0 Å². The average molecular weight is 194 g/mol. The van der Waals surface area contributed by atoms with Gasteiger partial charge in [0.2, 0.25) is 0 Å². The molecular formula is C10H18N4. The molecule has 78 valence electrons. The maximum absolute atomic E-state index is 5.57. The molecule has 1 aliphatic rings. The number of nitrogens with one attached hydrogen (secondary N) is 1. The summed E-state index contributed by atoms with van der Waals surface area (Å²) in [4.78, 5) is 4.34. The van der Waals surface area contributed by atoms with Crippen LogP contribution in [0.2, 0.25) is 0 Å². The van der Waals surface area contributed by atoms with Crippen LogP contribution in [0.1, 0.15) is 26.7 Å². The molecule has 1 aliphatic heterocycles. The van der Waals surface area contributed by atoms with Gasteiger partial charge in [0.25, 0.3) is 0 Å². The topological polar surface area (TPSA) is 62.8 Å². The minimum absolute atomic E-state index is 0.381. The van der Waals surface area contributed by atoms with Gasteiger partial charge in [-0.05, 0) is 32.0 Å². The summed E-state index contributed by atoms with van der Waals surface area (Å²) in [5, 5.41) is 3.97. The average Bonchev–Trinajstić information content (AvgIpc) is 2.66. The van der Waals surface area contributed by atoms with Crippen LogP contribution in [0.5, 0.6) is 0 Å². The van der Waals surface area contributed by atoms with Gasteiger partial charge in [0.15, 0.2) is 0 Å². The minimum Gasteiger partial charge on any atom is -0.404 e. The van der Waals surface area contributed by atoms with Gasteiger partial charge in [0.1, 0.15) is 0 Å². The molecule has 0 amide bonds. The predicted octanol–water partition coefficient (Wildman–Crippen LogP) is 1.05. The van der Waals surface area contributed by atoms with Crippen LogP contribution in [0.4, 0.5) is 0 Å². The molecule has 0 saturated heterocycles. The fourth-order valence-electron chi connectivity index (χ4n) is 1.46. The van der Waals surface area contributed by atoms with E-state index in [2.05, 4.69) is 15.5 Å². The number of nitrogens with zero attached hydrogens (tertiary/aromatic N) is 2. The predicted molar refractivity (Wildman–Crippen MR) is 60.6 cm³/mol. The standard InChI is InChI=1S/C10H18N4/c1-3-12-8(2)9(7-11)6-10-4-5-13-14-10/h5,7,10,14H,3-4,6,11H2,1-2H3. The molecular weight excluding hydrogens is 176 g/mol. The van der Waals surface area contributed by atoms with Crippen molar-refractivity contribution in [3.63, 3.8) is 0 Å². The van der Waals surface area contributed by atoms with E-state index in [4.69, 9.17) is 5.73 Å². The van der Waals surface area contributed by atoms with Crippen LogP contribution in [0.25, 0.3) is 0 Å². The van der Waals surface area contributed by atoms with Crippen molar-refractivity contribution in [2.24, 2.45) is 15.8 Å². The molecule has 0 spiro atoms. The number of aliphatic imine (C=N–C) groups is 1. The highest BCUT2D eigenvalue weighted by Gasteiger charge is 2.13. The highest BCUT2D eigenvalue weighted by molar-refractivity contribution is 5.98. The largest absolute Gasteiger partial charge is 0.404 e. The summed E-state index contributed by atoms with van der Waals surface area (Å²) >= 11 is 0. The van der Waals surface area contributed by atoms with Crippen LogP contribution in [-0.2, 0) is 0 Å². The van der Waals surface area contributed by atoms with Gasteiger partial charge in [-0.25, -0.2) is 0 Å². The van der Waals surface area contributed by atoms with E-state index in [0.29, 0.717) is 6.04 Å². The summed E-state index contributed by atoms with van der Waals surface area (Å²) < 4.78 is 0. The van der Waals surface area contributed by atoms with Gasteiger partial charge in [-0.15, -0.1) is 0 Å². The monoisotopic (exact) mass is 194 g/mol. The van der Waals surface area contributed by atoms with Gasteiger partial charge in [-0.1, -0.05) is 0 Å². The SMILES string of the molecule is CCN=C(C)C(=CN)CC1CC=NN1. The first-order valence-corrected chi connectivity index (χ1v) is 4.97. The molecule has 4 nitrogen and oxygen atoms in total. The lowest BCUT2D eigenvalue weighted by Gasteiger charge is -2.12. The Hall–Kier alpha value is -1.32. The maximum Gasteiger partial charge on any atom is 0.0531 e. The second kappa shape index (κ2) is 5.42. The van der Waals surface area contributed by atoms with Crippen LogP contribution < -0.4 is 11.2 Å². The lowest BCUT2D eigenvalue weighted by Crippen LogP contribution is -2.21. The first-order chi connectivity index (χ1) is 6.77. The second-order valence-corrected chi connectivity index (χ2v) is 3.33. The summed E-state index contributed by atoms with van der Waals surface area (Å²) in [5.74, 6) is 0. The second-order valence-electron chi connectivity index (χ2n) is 3.33. The molecule has 3 N–H and O–H groups in total. The Morgan fingerprint density at radius 1 is 1.79 bits per heavy atom. The van der Waals surface area contributed by atoms with Crippen LogP contribution >= 0.6 is 0 Å². The lowest BCUT2D eigenvalue weighted by atomic mass is 10.0. The van der Waals surface area contributed by atoms with Crippen molar-refractivity contribution in [2.75, 3.05) is 6.54 Å². The molecule has 0 saturated carbocycles. The third-order valence-electron chi connectivity index (χ3n) is 2.27. The molecule has 1 heterocycles. The molecule has 0 aromatic carbocycles. The summed E-state index contributed by atoms with van der Waals surface area (Å²) in [6.07, 6.45) is 5.40. The molecule has 0 bridgehead atoms. The van der Waals surface area contributed by atoms with E-state index in [1.807, 2.05) is 20.1 Å². The molecule has 1 unspecified atom stereocenters. The van der Waals surface area contributed by atoms with Gasteiger partial charge < -0.3 is 11.2 Å². The van der Waals surface area contributed by atoms with Crippen molar-refractivity contribution in [1.82, 2.24) is 5.43 Å². The highest BCUT2D eigenvalue weighted by Crippen LogP contribution is 2.11. The molecule has 0 aromatic heterocycles. The fourth-order valence-corrected chi connectivity index (χ4v) is 1.46. The molecule has 1 atom stereocenters. The van der Waals surface area contributed by atoms with E-state index in [-0.39, 0.29) is 0 Å². The molecule has 0 radical (unpaired) electrons. The molecule has 14 heavy (non-hydrogen) atoms. The lowest BCUT2D eigenvalue weighted by molar-refractivity contribution is 0.585. The summed E-state index contributed by atoms with van der Waals surface area (Å²) in [7, 11) is 0. The van der Waals surface area contributed by atoms with Crippen molar-refractivity contribution in [3.8, 4) is 0 Å². The zero-order valence-electron chi connectivity index (χ0n) is 8.83. The molecule has 4 heteroatoms. The van der Waals surface area contributed by atoms with Crippen molar-refractivity contribution in [1.29, 1.82) is 0 Å². The Morgan fingerprint density at radius 2 is 2.57 bits per heavy atom. The number of hydrogen-bond acceptors (Lipinski definition) is 4. The summed E-state index contributed by atoms with van der Waals surface area (Å²) in [5.41, 5.74) is 10.7. The van der Waals surface area contributed by atoms with Crippen molar-refractivity contribution >= 4 is 11.9 Å². The zero-order valence-corrected chi connectivity index (χ0v) is 8.83. The number of hydrogen-bond donors (Lipinski definition) is 2. The summed E-state index contributed by atoms with van der Waals surface area (Å²) in [6, 6.07) is 0.381. The summed E-state index contributed by atoms with van der Waals surface area (Å²) in [6.45, 7) is 4.82. The fraction of sp³-hybridized carbons (Fsp3) is 0.600. The molecule has 1 rings (SSSR count). The van der Waals surface area contributed by atoms with Crippen LogP contribution in [0.3, 0.4) is 0 Å². The van der Waals surface area contributed by atoms with Gasteiger partial charge >= 0.3 is 0 Å². The Balaban J connectivity index is 2.51.